The van der Waals surface area contributed by atoms with Gasteiger partial charge in [0.1, 0.15) is 0 Å². The minimum absolute atomic E-state index is 0.0615. The number of rotatable bonds is 3. The van der Waals surface area contributed by atoms with Crippen LogP contribution in [0.4, 0.5) is 8.78 Å². The molecule has 1 unspecified atom stereocenters. The molecule has 1 atom stereocenters. The number of hydrogen-bond donors (Lipinski definition) is 1. The highest BCUT2D eigenvalue weighted by molar-refractivity contribution is 5.84. The number of halogens is 2. The summed E-state index contributed by atoms with van der Waals surface area (Å²) in [6.45, 7) is 1.57. The fourth-order valence-electron chi connectivity index (χ4n) is 2.99. The second-order valence-electron chi connectivity index (χ2n) is 5.44. The van der Waals surface area contributed by atoms with E-state index in [1.807, 2.05) is 25.2 Å². The maximum Gasteiger partial charge on any atom is 0.275 e. The molecule has 19 heavy (non-hydrogen) atoms. The van der Waals surface area contributed by atoms with E-state index in [0.29, 0.717) is 11.9 Å². The monoisotopic (exact) mass is 264 g/mol. The van der Waals surface area contributed by atoms with E-state index in [4.69, 9.17) is 0 Å². The van der Waals surface area contributed by atoms with Gasteiger partial charge in [0, 0.05) is 36.1 Å². The van der Waals surface area contributed by atoms with Crippen molar-refractivity contribution in [3.8, 4) is 0 Å². The van der Waals surface area contributed by atoms with Crippen LogP contribution in [-0.2, 0) is 13.0 Å². The van der Waals surface area contributed by atoms with Crippen molar-refractivity contribution in [1.82, 2.24) is 9.88 Å². The third kappa shape index (κ3) is 2.25. The van der Waals surface area contributed by atoms with Crippen LogP contribution in [0.2, 0.25) is 0 Å². The molecule has 2 aromatic rings. The normalized spacial score (nSPS) is 20.3. The standard InChI is InChI=1S/C15H18F2N2/c1-19-10-13(12-4-2-3-5-14(12)19)15(16,17)8-11-6-7-18-9-11/h2-5,10-11,18H,6-9H2,1H3. The number of para-hydroxylation sites is 1. The minimum Gasteiger partial charge on any atom is -0.350 e. The van der Waals surface area contributed by atoms with E-state index < -0.39 is 5.92 Å². The van der Waals surface area contributed by atoms with Gasteiger partial charge in [0.2, 0.25) is 0 Å². The largest absolute Gasteiger partial charge is 0.350 e. The Hall–Kier alpha value is -1.42. The molecule has 0 saturated carbocycles. The van der Waals surface area contributed by atoms with E-state index in [2.05, 4.69) is 5.32 Å². The molecule has 1 aliphatic heterocycles. The van der Waals surface area contributed by atoms with Gasteiger partial charge in [-0.25, -0.2) is 8.78 Å². The maximum atomic E-state index is 14.5. The van der Waals surface area contributed by atoms with Gasteiger partial charge in [0.05, 0.1) is 0 Å². The third-order valence-electron chi connectivity index (χ3n) is 4.00. The zero-order valence-electron chi connectivity index (χ0n) is 11.0. The molecule has 1 aliphatic rings. The van der Waals surface area contributed by atoms with Gasteiger partial charge in [-0.05, 0) is 31.5 Å². The molecule has 2 nitrogen and oxygen atoms in total. The molecular weight excluding hydrogens is 246 g/mol. The van der Waals surface area contributed by atoms with E-state index in [9.17, 15) is 8.78 Å². The molecule has 1 aromatic heterocycles. The first kappa shape index (κ1) is 12.6. The maximum absolute atomic E-state index is 14.5. The summed E-state index contributed by atoms with van der Waals surface area (Å²) in [5.41, 5.74) is 1.03. The summed E-state index contributed by atoms with van der Waals surface area (Å²) in [7, 11) is 1.82. The number of aryl methyl sites for hydroxylation is 1. The Morgan fingerprint density at radius 3 is 2.89 bits per heavy atom. The van der Waals surface area contributed by atoms with Crippen LogP contribution in [0.3, 0.4) is 0 Å². The predicted octanol–water partition coefficient (Wildman–Crippen LogP) is 3.27. The fraction of sp³-hybridized carbons (Fsp3) is 0.467. The quantitative estimate of drug-likeness (QED) is 0.900. The van der Waals surface area contributed by atoms with E-state index in [0.717, 1.165) is 18.5 Å². The number of alkyl halides is 2. The van der Waals surface area contributed by atoms with Crippen LogP contribution in [0, 0.1) is 5.92 Å². The van der Waals surface area contributed by atoms with Crippen molar-refractivity contribution in [2.75, 3.05) is 13.1 Å². The lowest BCUT2D eigenvalue weighted by molar-refractivity contribution is -0.0254. The lowest BCUT2D eigenvalue weighted by atomic mass is 9.95. The van der Waals surface area contributed by atoms with Gasteiger partial charge in [-0.3, -0.25) is 0 Å². The van der Waals surface area contributed by atoms with Crippen LogP contribution in [0.15, 0.2) is 30.5 Å². The molecule has 3 rings (SSSR count). The van der Waals surface area contributed by atoms with Crippen LogP contribution in [0.5, 0.6) is 0 Å². The topological polar surface area (TPSA) is 17.0 Å². The molecule has 102 valence electrons. The number of aromatic nitrogens is 1. The molecule has 0 bridgehead atoms. The molecule has 0 spiro atoms. The molecular formula is C15H18F2N2. The Morgan fingerprint density at radius 2 is 2.16 bits per heavy atom. The summed E-state index contributed by atoms with van der Waals surface area (Å²) < 4.78 is 30.8. The van der Waals surface area contributed by atoms with Gasteiger partial charge in [-0.1, -0.05) is 18.2 Å². The average molecular weight is 264 g/mol. The van der Waals surface area contributed by atoms with Gasteiger partial charge in [-0.15, -0.1) is 0 Å². The van der Waals surface area contributed by atoms with Crippen LogP contribution in [-0.4, -0.2) is 17.7 Å². The average Bonchev–Trinajstić information content (AvgIpc) is 2.98. The van der Waals surface area contributed by atoms with Crippen molar-refractivity contribution >= 4 is 10.9 Å². The Kier molecular flexibility index (Phi) is 3.05. The van der Waals surface area contributed by atoms with Gasteiger partial charge in [0.15, 0.2) is 0 Å². The summed E-state index contributed by atoms with van der Waals surface area (Å²) in [6.07, 6.45) is 2.36. The smallest absolute Gasteiger partial charge is 0.275 e. The van der Waals surface area contributed by atoms with Crippen molar-refractivity contribution in [2.45, 2.75) is 18.8 Å². The molecule has 2 heterocycles. The molecule has 0 aliphatic carbocycles. The Bertz CT molecular complexity index is 583. The van der Waals surface area contributed by atoms with E-state index >= 15 is 0 Å². The van der Waals surface area contributed by atoms with Gasteiger partial charge in [0.25, 0.3) is 5.92 Å². The van der Waals surface area contributed by atoms with Crippen molar-refractivity contribution in [3.05, 3.63) is 36.0 Å². The first-order chi connectivity index (χ1) is 9.08. The van der Waals surface area contributed by atoms with Crippen molar-refractivity contribution in [1.29, 1.82) is 0 Å². The Balaban J connectivity index is 1.97. The molecule has 0 radical (unpaired) electrons. The molecule has 0 amide bonds. The molecule has 1 fully saturated rings. The molecule has 4 heteroatoms. The SMILES string of the molecule is Cn1cc(C(F)(F)CC2CCNC2)c2ccccc21. The highest BCUT2D eigenvalue weighted by atomic mass is 19.3. The number of nitrogens with one attached hydrogen (secondary N) is 1. The number of fused-ring (bicyclic) bond motifs is 1. The highest BCUT2D eigenvalue weighted by Crippen LogP contribution is 2.40. The predicted molar refractivity (Wildman–Crippen MR) is 72.4 cm³/mol. The van der Waals surface area contributed by atoms with Crippen LogP contribution < -0.4 is 5.32 Å². The summed E-state index contributed by atoms with van der Waals surface area (Å²) in [5, 5.41) is 3.82. The zero-order valence-corrected chi connectivity index (χ0v) is 11.0. The number of hydrogen-bond acceptors (Lipinski definition) is 1. The Labute approximate surface area is 111 Å². The second-order valence-corrected chi connectivity index (χ2v) is 5.44. The lowest BCUT2D eigenvalue weighted by Crippen LogP contribution is -2.20. The van der Waals surface area contributed by atoms with Crippen molar-refractivity contribution in [2.24, 2.45) is 13.0 Å². The number of benzene rings is 1. The molecule has 1 aromatic carbocycles. The van der Waals surface area contributed by atoms with E-state index in [-0.39, 0.29) is 17.9 Å². The minimum atomic E-state index is -2.75. The van der Waals surface area contributed by atoms with Crippen LogP contribution in [0.25, 0.3) is 10.9 Å². The Morgan fingerprint density at radius 1 is 1.37 bits per heavy atom. The first-order valence-electron chi connectivity index (χ1n) is 6.71. The summed E-state index contributed by atoms with van der Waals surface area (Å²) in [6, 6.07) is 7.36. The van der Waals surface area contributed by atoms with Gasteiger partial charge >= 0.3 is 0 Å². The van der Waals surface area contributed by atoms with Crippen LogP contribution in [0.1, 0.15) is 18.4 Å². The zero-order chi connectivity index (χ0) is 13.5. The fourth-order valence-corrected chi connectivity index (χ4v) is 2.99. The van der Waals surface area contributed by atoms with E-state index in [1.54, 1.807) is 16.8 Å². The van der Waals surface area contributed by atoms with Crippen molar-refractivity contribution in [3.63, 3.8) is 0 Å². The van der Waals surface area contributed by atoms with Crippen molar-refractivity contribution < 1.29 is 8.78 Å². The van der Waals surface area contributed by atoms with Gasteiger partial charge in [-0.2, -0.15) is 0 Å². The molecule has 1 saturated heterocycles. The summed E-state index contributed by atoms with van der Waals surface area (Å²) in [5.74, 6) is -2.67. The van der Waals surface area contributed by atoms with E-state index in [1.165, 1.54) is 0 Å². The summed E-state index contributed by atoms with van der Waals surface area (Å²) >= 11 is 0. The lowest BCUT2D eigenvalue weighted by Gasteiger charge is -2.19. The molecule has 1 N–H and O–H groups in total. The second kappa shape index (κ2) is 4.60. The first-order valence-corrected chi connectivity index (χ1v) is 6.71. The highest BCUT2D eigenvalue weighted by Gasteiger charge is 2.37. The van der Waals surface area contributed by atoms with Gasteiger partial charge < -0.3 is 9.88 Å². The van der Waals surface area contributed by atoms with Crippen LogP contribution >= 0.6 is 0 Å². The summed E-state index contributed by atoms with van der Waals surface area (Å²) in [4.78, 5) is 0. The third-order valence-corrected chi connectivity index (χ3v) is 4.00. The number of nitrogens with zero attached hydrogens (tertiary/aromatic N) is 1.